The summed E-state index contributed by atoms with van der Waals surface area (Å²) in [5, 5.41) is 2.67. The summed E-state index contributed by atoms with van der Waals surface area (Å²) in [4.78, 5) is 23.8. The number of rotatable bonds is 6. The van der Waals surface area contributed by atoms with E-state index in [4.69, 9.17) is 9.47 Å². The van der Waals surface area contributed by atoms with Crippen LogP contribution in [0.4, 0.5) is 4.79 Å². The smallest absolute Gasteiger partial charge is 0.407 e. The van der Waals surface area contributed by atoms with E-state index in [0.717, 1.165) is 24.8 Å². The Kier molecular flexibility index (Phi) is 6.66. The van der Waals surface area contributed by atoms with Crippen molar-refractivity contribution in [2.24, 2.45) is 11.8 Å². The van der Waals surface area contributed by atoms with Crippen molar-refractivity contribution in [3.05, 3.63) is 48.0 Å². The molecule has 0 saturated heterocycles. The minimum atomic E-state index is -0.525. The summed E-state index contributed by atoms with van der Waals surface area (Å²) in [5.74, 6) is -0.573. The van der Waals surface area contributed by atoms with Gasteiger partial charge in [-0.2, -0.15) is 0 Å². The molecule has 0 unspecified atom stereocenters. The van der Waals surface area contributed by atoms with Gasteiger partial charge in [0.05, 0.1) is 13.0 Å². The van der Waals surface area contributed by atoms with Crippen LogP contribution in [0.3, 0.4) is 0 Å². The standard InChI is InChI=1S/C18H23NO4/c1-22-17(20)16(15-10-6-3-7-11-15)12-19-18(21)23-13-14-8-4-2-5-9-14/h2,4-6,8-10,15-16H,3,7,11-13H2,1H3,(H,19,21)/t15-,16-/m1/s1. The van der Waals surface area contributed by atoms with Crippen LogP contribution in [-0.4, -0.2) is 25.7 Å². The molecule has 5 heteroatoms. The Morgan fingerprint density at radius 1 is 1.30 bits per heavy atom. The van der Waals surface area contributed by atoms with Crippen LogP contribution in [0.1, 0.15) is 24.8 Å². The third-order valence-corrected chi connectivity index (χ3v) is 3.99. The number of nitrogens with one attached hydrogen (secondary N) is 1. The lowest BCUT2D eigenvalue weighted by molar-refractivity contribution is -0.146. The lowest BCUT2D eigenvalue weighted by Crippen LogP contribution is -2.37. The van der Waals surface area contributed by atoms with Crippen LogP contribution in [-0.2, 0) is 20.9 Å². The normalized spacial score (nSPS) is 18.0. The van der Waals surface area contributed by atoms with Gasteiger partial charge in [-0.15, -0.1) is 0 Å². The third kappa shape index (κ3) is 5.43. The summed E-state index contributed by atoms with van der Waals surface area (Å²) in [6.07, 6.45) is 6.61. The summed E-state index contributed by atoms with van der Waals surface area (Å²) >= 11 is 0. The Hall–Kier alpha value is -2.30. The highest BCUT2D eigenvalue weighted by atomic mass is 16.5. The van der Waals surface area contributed by atoms with Crippen LogP contribution in [0.15, 0.2) is 42.5 Å². The van der Waals surface area contributed by atoms with Crippen LogP contribution >= 0.6 is 0 Å². The Morgan fingerprint density at radius 3 is 2.74 bits per heavy atom. The molecule has 0 aromatic heterocycles. The first-order valence-corrected chi connectivity index (χ1v) is 7.89. The summed E-state index contributed by atoms with van der Waals surface area (Å²) in [6.45, 7) is 0.425. The van der Waals surface area contributed by atoms with Gasteiger partial charge in [0.2, 0.25) is 0 Å². The van der Waals surface area contributed by atoms with Crippen molar-refractivity contribution in [1.29, 1.82) is 0 Å². The average molecular weight is 317 g/mol. The molecule has 23 heavy (non-hydrogen) atoms. The number of esters is 1. The molecule has 1 aromatic rings. The van der Waals surface area contributed by atoms with Crippen molar-refractivity contribution in [3.8, 4) is 0 Å². The van der Waals surface area contributed by atoms with E-state index in [2.05, 4.69) is 11.4 Å². The monoisotopic (exact) mass is 317 g/mol. The Labute approximate surface area is 136 Å². The maximum absolute atomic E-state index is 12.0. The Morgan fingerprint density at radius 2 is 2.09 bits per heavy atom. The minimum Gasteiger partial charge on any atom is -0.469 e. The average Bonchev–Trinajstić information content (AvgIpc) is 2.61. The SMILES string of the molecule is COC(=O)[C@H](CNC(=O)OCc1ccccc1)[C@@H]1C=CCCC1. The van der Waals surface area contributed by atoms with E-state index in [1.165, 1.54) is 7.11 Å². The van der Waals surface area contributed by atoms with E-state index < -0.39 is 6.09 Å². The second kappa shape index (κ2) is 8.98. The van der Waals surface area contributed by atoms with Crippen LogP contribution in [0.5, 0.6) is 0 Å². The van der Waals surface area contributed by atoms with Crippen molar-refractivity contribution in [3.63, 3.8) is 0 Å². The van der Waals surface area contributed by atoms with Gasteiger partial charge in [-0.1, -0.05) is 42.5 Å². The fourth-order valence-corrected chi connectivity index (χ4v) is 2.70. The van der Waals surface area contributed by atoms with E-state index in [1.807, 2.05) is 36.4 Å². The molecule has 1 amide bonds. The minimum absolute atomic E-state index is 0.102. The number of benzene rings is 1. The molecule has 0 heterocycles. The molecule has 0 fully saturated rings. The first kappa shape index (κ1) is 17.1. The lowest BCUT2D eigenvalue weighted by atomic mass is 9.84. The number of methoxy groups -OCH3 is 1. The van der Waals surface area contributed by atoms with E-state index >= 15 is 0 Å². The molecule has 0 aliphatic heterocycles. The number of ether oxygens (including phenoxy) is 2. The molecule has 2 atom stereocenters. The predicted molar refractivity (Wildman–Crippen MR) is 86.6 cm³/mol. The molecule has 1 N–H and O–H groups in total. The second-order valence-corrected chi connectivity index (χ2v) is 5.60. The van der Waals surface area contributed by atoms with Crippen LogP contribution in [0.25, 0.3) is 0 Å². The molecule has 0 spiro atoms. The number of alkyl carbamates (subject to hydrolysis) is 1. The summed E-state index contributed by atoms with van der Waals surface area (Å²) in [5.41, 5.74) is 0.919. The molecule has 124 valence electrons. The zero-order valence-electron chi connectivity index (χ0n) is 13.4. The number of allylic oxidation sites excluding steroid dienone is 2. The van der Waals surface area contributed by atoms with Gasteiger partial charge in [-0.3, -0.25) is 4.79 Å². The molecule has 5 nitrogen and oxygen atoms in total. The van der Waals surface area contributed by atoms with Crippen molar-refractivity contribution in [2.45, 2.75) is 25.9 Å². The molecule has 0 radical (unpaired) electrons. The third-order valence-electron chi connectivity index (χ3n) is 3.99. The van der Waals surface area contributed by atoms with Crippen molar-refractivity contribution < 1.29 is 19.1 Å². The van der Waals surface area contributed by atoms with Crippen molar-refractivity contribution in [2.75, 3.05) is 13.7 Å². The van der Waals surface area contributed by atoms with Gasteiger partial charge < -0.3 is 14.8 Å². The number of carbonyl (C=O) groups excluding carboxylic acids is 2. The van der Waals surface area contributed by atoms with Gasteiger partial charge in [0, 0.05) is 6.54 Å². The molecule has 0 saturated carbocycles. The molecule has 0 bridgehead atoms. The van der Waals surface area contributed by atoms with Gasteiger partial charge in [0.1, 0.15) is 6.61 Å². The van der Waals surface area contributed by atoms with Gasteiger partial charge in [0.15, 0.2) is 0 Å². The molecule has 1 aromatic carbocycles. The fraction of sp³-hybridized carbons (Fsp3) is 0.444. The topological polar surface area (TPSA) is 64.6 Å². The molecule has 2 rings (SSSR count). The quantitative estimate of drug-likeness (QED) is 0.647. The van der Waals surface area contributed by atoms with Crippen molar-refractivity contribution >= 4 is 12.1 Å². The largest absolute Gasteiger partial charge is 0.469 e. The maximum atomic E-state index is 12.0. The number of hydrogen-bond donors (Lipinski definition) is 1. The van der Waals surface area contributed by atoms with Gasteiger partial charge in [0.25, 0.3) is 0 Å². The first-order chi connectivity index (χ1) is 11.2. The first-order valence-electron chi connectivity index (χ1n) is 7.89. The fourth-order valence-electron chi connectivity index (χ4n) is 2.70. The molecule has 1 aliphatic carbocycles. The van der Waals surface area contributed by atoms with E-state index in [9.17, 15) is 9.59 Å². The van der Waals surface area contributed by atoms with Gasteiger partial charge in [-0.25, -0.2) is 4.79 Å². The molecule has 1 aliphatic rings. The summed E-state index contributed by atoms with van der Waals surface area (Å²) in [7, 11) is 1.37. The highest BCUT2D eigenvalue weighted by Crippen LogP contribution is 2.25. The zero-order valence-corrected chi connectivity index (χ0v) is 13.4. The van der Waals surface area contributed by atoms with E-state index in [-0.39, 0.29) is 31.0 Å². The predicted octanol–water partition coefficient (Wildman–Crippen LogP) is 3.06. The Bertz CT molecular complexity index is 541. The number of hydrogen-bond acceptors (Lipinski definition) is 4. The number of carbonyl (C=O) groups is 2. The summed E-state index contributed by atoms with van der Waals surface area (Å²) < 4.78 is 10.0. The highest BCUT2D eigenvalue weighted by molar-refractivity contribution is 5.74. The van der Waals surface area contributed by atoms with Crippen LogP contribution in [0.2, 0.25) is 0 Å². The van der Waals surface area contributed by atoms with Gasteiger partial charge >= 0.3 is 12.1 Å². The van der Waals surface area contributed by atoms with Crippen LogP contribution in [0, 0.1) is 11.8 Å². The lowest BCUT2D eigenvalue weighted by Gasteiger charge is -2.24. The van der Waals surface area contributed by atoms with E-state index in [0.29, 0.717) is 0 Å². The van der Waals surface area contributed by atoms with Crippen molar-refractivity contribution in [1.82, 2.24) is 5.32 Å². The van der Waals surface area contributed by atoms with E-state index in [1.54, 1.807) is 0 Å². The molecular formula is C18H23NO4. The molecular weight excluding hydrogens is 294 g/mol. The maximum Gasteiger partial charge on any atom is 0.407 e. The zero-order chi connectivity index (χ0) is 16.5. The van der Waals surface area contributed by atoms with Crippen LogP contribution < -0.4 is 5.32 Å². The Balaban J connectivity index is 1.82. The van der Waals surface area contributed by atoms with Gasteiger partial charge in [-0.05, 0) is 30.7 Å². The highest BCUT2D eigenvalue weighted by Gasteiger charge is 2.28. The second-order valence-electron chi connectivity index (χ2n) is 5.60. The number of amides is 1. The summed E-state index contributed by atoms with van der Waals surface area (Å²) in [6, 6.07) is 9.45.